The molecule has 1 fully saturated rings. The molecule has 1 N–H and O–H groups in total. The van der Waals surface area contributed by atoms with E-state index in [0.29, 0.717) is 11.0 Å². The van der Waals surface area contributed by atoms with Crippen LogP contribution in [0.5, 0.6) is 5.75 Å². The van der Waals surface area contributed by atoms with Gasteiger partial charge < -0.3 is 15.0 Å². The van der Waals surface area contributed by atoms with Crippen LogP contribution in [0.15, 0.2) is 16.6 Å². The lowest BCUT2D eigenvalue weighted by Gasteiger charge is -2.25. The minimum Gasteiger partial charge on any atom is -0.492 e. The predicted octanol–water partition coefficient (Wildman–Crippen LogP) is 2.97. The minimum absolute atomic E-state index is 0.0580. The van der Waals surface area contributed by atoms with Gasteiger partial charge in [-0.25, -0.2) is 4.39 Å². The van der Waals surface area contributed by atoms with Gasteiger partial charge in [0.05, 0.1) is 11.6 Å². The number of nitrogens with zero attached hydrogens (tertiary/aromatic N) is 1. The van der Waals surface area contributed by atoms with E-state index in [-0.39, 0.29) is 28.7 Å². The van der Waals surface area contributed by atoms with Crippen molar-refractivity contribution in [3.8, 4) is 5.75 Å². The number of benzene rings is 1. The molecule has 1 aliphatic rings. The normalized spacial score (nSPS) is 16.2. The van der Waals surface area contributed by atoms with Gasteiger partial charge in [0.2, 0.25) is 5.91 Å². The van der Waals surface area contributed by atoms with Crippen molar-refractivity contribution in [1.82, 2.24) is 10.2 Å². The molecule has 1 atom stereocenters. The van der Waals surface area contributed by atoms with Crippen LogP contribution >= 0.6 is 15.9 Å². The SMILES string of the molecule is COc1c(F)cc(C(=O)NC(C)CN(C)C(=O)C2(C)CC2)cc1Br. The fourth-order valence-corrected chi connectivity index (χ4v) is 3.19. The number of ether oxygens (including phenoxy) is 1. The number of nitrogens with one attached hydrogen (secondary N) is 1. The number of carbonyl (C=O) groups is 2. The molecule has 2 amide bonds. The monoisotopic (exact) mass is 400 g/mol. The largest absolute Gasteiger partial charge is 0.492 e. The summed E-state index contributed by atoms with van der Waals surface area (Å²) in [5.41, 5.74) is -0.0437. The molecule has 0 aliphatic heterocycles. The van der Waals surface area contributed by atoms with Gasteiger partial charge in [0.1, 0.15) is 0 Å². The van der Waals surface area contributed by atoms with Crippen LogP contribution in [0.25, 0.3) is 0 Å². The summed E-state index contributed by atoms with van der Waals surface area (Å²) in [5, 5.41) is 2.78. The first-order valence-electron chi connectivity index (χ1n) is 7.77. The second kappa shape index (κ2) is 7.09. The Hall–Kier alpha value is -1.63. The molecule has 2 rings (SSSR count). The molecule has 1 aromatic rings. The van der Waals surface area contributed by atoms with Gasteiger partial charge in [-0.2, -0.15) is 0 Å². The van der Waals surface area contributed by atoms with Crippen molar-refractivity contribution in [3.63, 3.8) is 0 Å². The van der Waals surface area contributed by atoms with Crippen LogP contribution < -0.4 is 10.1 Å². The fraction of sp³-hybridized carbons (Fsp3) is 0.529. The highest BCUT2D eigenvalue weighted by molar-refractivity contribution is 9.10. The van der Waals surface area contributed by atoms with Crippen LogP contribution in [-0.2, 0) is 4.79 Å². The first-order chi connectivity index (χ1) is 11.2. The molecule has 1 unspecified atom stereocenters. The van der Waals surface area contributed by atoms with E-state index >= 15 is 0 Å². The molecule has 1 aromatic carbocycles. The van der Waals surface area contributed by atoms with Crippen molar-refractivity contribution in [3.05, 3.63) is 28.0 Å². The average Bonchev–Trinajstić information content (AvgIpc) is 3.24. The van der Waals surface area contributed by atoms with Crippen LogP contribution in [0.3, 0.4) is 0 Å². The molecule has 0 heterocycles. The quantitative estimate of drug-likeness (QED) is 0.798. The van der Waals surface area contributed by atoms with Gasteiger partial charge in [-0.05, 0) is 47.8 Å². The van der Waals surface area contributed by atoms with Crippen molar-refractivity contribution in [2.75, 3.05) is 20.7 Å². The number of hydrogen-bond donors (Lipinski definition) is 1. The van der Waals surface area contributed by atoms with Gasteiger partial charge in [0.25, 0.3) is 5.91 Å². The van der Waals surface area contributed by atoms with Crippen molar-refractivity contribution in [2.45, 2.75) is 32.7 Å². The van der Waals surface area contributed by atoms with Crippen LogP contribution in [0, 0.1) is 11.2 Å². The number of rotatable bonds is 6. The van der Waals surface area contributed by atoms with Gasteiger partial charge in [0.15, 0.2) is 11.6 Å². The highest BCUT2D eigenvalue weighted by Gasteiger charge is 2.46. The topological polar surface area (TPSA) is 58.6 Å². The Morgan fingerprint density at radius 3 is 2.58 bits per heavy atom. The second-order valence-electron chi connectivity index (χ2n) is 6.59. The molecule has 0 saturated heterocycles. The third-order valence-corrected chi connectivity index (χ3v) is 4.84. The van der Waals surface area contributed by atoms with Crippen LogP contribution in [0.1, 0.15) is 37.0 Å². The van der Waals surface area contributed by atoms with Gasteiger partial charge in [-0.15, -0.1) is 0 Å². The zero-order valence-corrected chi connectivity index (χ0v) is 15.9. The Balaban J connectivity index is 1.97. The molecule has 7 heteroatoms. The van der Waals surface area contributed by atoms with Gasteiger partial charge in [0, 0.05) is 30.6 Å². The van der Waals surface area contributed by atoms with E-state index in [1.165, 1.54) is 13.2 Å². The van der Waals surface area contributed by atoms with Crippen molar-refractivity contribution in [2.24, 2.45) is 5.41 Å². The molecule has 5 nitrogen and oxygen atoms in total. The summed E-state index contributed by atoms with van der Waals surface area (Å²) in [4.78, 5) is 26.1. The maximum absolute atomic E-state index is 13.9. The zero-order valence-electron chi connectivity index (χ0n) is 14.3. The number of carbonyl (C=O) groups excluding carboxylic acids is 2. The lowest BCUT2D eigenvalue weighted by atomic mass is 10.1. The first-order valence-corrected chi connectivity index (χ1v) is 8.56. The predicted molar refractivity (Wildman–Crippen MR) is 92.6 cm³/mol. The van der Waals surface area contributed by atoms with Gasteiger partial charge in [-0.3, -0.25) is 9.59 Å². The van der Waals surface area contributed by atoms with Crippen molar-refractivity contribution < 1.29 is 18.7 Å². The van der Waals surface area contributed by atoms with E-state index in [0.717, 1.165) is 18.9 Å². The van der Waals surface area contributed by atoms with Crippen LogP contribution in [-0.4, -0.2) is 43.5 Å². The first kappa shape index (κ1) is 18.7. The number of amides is 2. The van der Waals surface area contributed by atoms with Crippen LogP contribution in [0.2, 0.25) is 0 Å². The summed E-state index contributed by atoms with van der Waals surface area (Å²) in [5.74, 6) is -0.855. The van der Waals surface area contributed by atoms with Crippen molar-refractivity contribution in [1.29, 1.82) is 0 Å². The summed E-state index contributed by atoms with van der Waals surface area (Å²) in [7, 11) is 3.09. The zero-order chi connectivity index (χ0) is 18.1. The van der Waals surface area contributed by atoms with Gasteiger partial charge in [-0.1, -0.05) is 6.92 Å². The smallest absolute Gasteiger partial charge is 0.251 e. The highest BCUT2D eigenvalue weighted by atomic mass is 79.9. The highest BCUT2D eigenvalue weighted by Crippen LogP contribution is 2.46. The standard InChI is InChI=1S/C17H22BrFN2O3/c1-10(9-21(3)16(23)17(2)5-6-17)20-15(22)11-7-12(18)14(24-4)13(19)8-11/h7-8,10H,5-6,9H2,1-4H3,(H,20,22). The van der Waals surface area contributed by atoms with E-state index in [1.54, 1.807) is 11.9 Å². The minimum atomic E-state index is -0.612. The summed E-state index contributed by atoms with van der Waals surface area (Å²) in [6, 6.07) is 2.38. The lowest BCUT2D eigenvalue weighted by molar-refractivity contribution is -0.135. The van der Waals surface area contributed by atoms with E-state index in [2.05, 4.69) is 21.2 Å². The number of halogens is 2. The summed E-state index contributed by atoms with van der Waals surface area (Å²) in [6.45, 7) is 4.17. The molecule has 1 saturated carbocycles. The Morgan fingerprint density at radius 2 is 2.08 bits per heavy atom. The average molecular weight is 401 g/mol. The molecule has 0 bridgehead atoms. The van der Waals surface area contributed by atoms with E-state index < -0.39 is 11.7 Å². The Morgan fingerprint density at radius 1 is 1.46 bits per heavy atom. The third-order valence-electron chi connectivity index (χ3n) is 4.25. The maximum atomic E-state index is 13.9. The van der Waals surface area contributed by atoms with E-state index in [9.17, 15) is 14.0 Å². The lowest BCUT2D eigenvalue weighted by Crippen LogP contribution is -2.44. The van der Waals surface area contributed by atoms with E-state index in [1.807, 2.05) is 13.8 Å². The summed E-state index contributed by atoms with van der Waals surface area (Å²) < 4.78 is 19.2. The molecule has 24 heavy (non-hydrogen) atoms. The number of hydrogen-bond acceptors (Lipinski definition) is 3. The van der Waals surface area contributed by atoms with Gasteiger partial charge >= 0.3 is 0 Å². The Labute approximate surface area is 149 Å². The molecule has 0 spiro atoms. The summed E-state index contributed by atoms with van der Waals surface area (Å²) in [6.07, 6.45) is 1.83. The van der Waals surface area contributed by atoms with Crippen LogP contribution in [0.4, 0.5) is 4.39 Å². The number of methoxy groups -OCH3 is 1. The number of likely N-dealkylation sites (N-methyl/N-ethyl adjacent to an activating group) is 1. The van der Waals surface area contributed by atoms with E-state index in [4.69, 9.17) is 4.74 Å². The molecular weight excluding hydrogens is 379 g/mol. The Kier molecular flexibility index (Phi) is 5.52. The molecule has 1 aliphatic carbocycles. The summed E-state index contributed by atoms with van der Waals surface area (Å²) >= 11 is 3.18. The fourth-order valence-electron chi connectivity index (χ4n) is 2.59. The van der Waals surface area contributed by atoms with Crippen molar-refractivity contribution >= 4 is 27.7 Å². The molecule has 0 aromatic heterocycles. The second-order valence-corrected chi connectivity index (χ2v) is 7.45. The molecule has 0 radical (unpaired) electrons. The maximum Gasteiger partial charge on any atom is 0.251 e. The Bertz CT molecular complexity index is 638. The third kappa shape index (κ3) is 4.06. The molecule has 132 valence electrons. The molecular formula is C17H22BrFN2O3.